The maximum absolute atomic E-state index is 11.2. The average Bonchev–Trinajstić information content (AvgIpc) is 2.71. The molecule has 0 aromatic carbocycles. The van der Waals surface area contributed by atoms with Gasteiger partial charge in [0.1, 0.15) is 6.54 Å². The van der Waals surface area contributed by atoms with Crippen molar-refractivity contribution >= 4 is 22.9 Å². The van der Waals surface area contributed by atoms with E-state index in [0.717, 1.165) is 10.9 Å². The number of carbonyl (C=O) groups excluding carboxylic acids is 1. The Morgan fingerprint density at radius 2 is 2.24 bits per heavy atom. The van der Waals surface area contributed by atoms with Gasteiger partial charge in [-0.3, -0.25) is 9.79 Å². The van der Waals surface area contributed by atoms with Crippen LogP contribution in [0.25, 0.3) is 0 Å². The van der Waals surface area contributed by atoms with Crippen molar-refractivity contribution in [2.24, 2.45) is 4.99 Å². The number of hydrogen-bond donors (Lipinski definition) is 1. The highest BCUT2D eigenvalue weighted by Gasteiger charge is 2.37. The Balaban J connectivity index is 1.84. The SMILES string of the molecule is CCOC(=O)CN=C1NC2(CCCCC2)CS1. The van der Waals surface area contributed by atoms with Crippen LogP contribution in [0.5, 0.6) is 0 Å². The Labute approximate surface area is 107 Å². The Hall–Kier alpha value is -0.710. The molecular formula is C12H20N2O2S. The third-order valence-corrected chi connectivity index (χ3v) is 4.53. The predicted octanol–water partition coefficient (Wildman–Crippen LogP) is 1.94. The van der Waals surface area contributed by atoms with Crippen molar-refractivity contribution in [1.29, 1.82) is 0 Å². The van der Waals surface area contributed by atoms with Crippen molar-refractivity contribution in [1.82, 2.24) is 5.32 Å². The molecule has 0 aromatic heterocycles. The quantitative estimate of drug-likeness (QED) is 0.784. The lowest BCUT2D eigenvalue weighted by Crippen LogP contribution is -2.45. The second kappa shape index (κ2) is 5.76. The summed E-state index contributed by atoms with van der Waals surface area (Å²) in [5.41, 5.74) is 0.260. The van der Waals surface area contributed by atoms with Crippen molar-refractivity contribution in [2.45, 2.75) is 44.6 Å². The molecule has 0 bridgehead atoms. The second-order valence-electron chi connectivity index (χ2n) is 4.68. The van der Waals surface area contributed by atoms with Crippen LogP contribution >= 0.6 is 11.8 Å². The van der Waals surface area contributed by atoms with Crippen LogP contribution in [0.15, 0.2) is 4.99 Å². The molecule has 1 heterocycles. The minimum Gasteiger partial charge on any atom is -0.465 e. The number of nitrogens with zero attached hydrogens (tertiary/aromatic N) is 1. The maximum atomic E-state index is 11.2. The van der Waals surface area contributed by atoms with Gasteiger partial charge in [0.2, 0.25) is 0 Å². The smallest absolute Gasteiger partial charge is 0.327 e. The van der Waals surface area contributed by atoms with Gasteiger partial charge >= 0.3 is 5.97 Å². The lowest BCUT2D eigenvalue weighted by Gasteiger charge is -2.32. The molecular weight excluding hydrogens is 236 g/mol. The summed E-state index contributed by atoms with van der Waals surface area (Å²) in [5.74, 6) is 0.848. The number of nitrogens with one attached hydrogen (secondary N) is 1. The molecule has 0 atom stereocenters. The van der Waals surface area contributed by atoms with Gasteiger partial charge < -0.3 is 10.1 Å². The van der Waals surface area contributed by atoms with Crippen molar-refractivity contribution in [3.05, 3.63) is 0 Å². The van der Waals surface area contributed by atoms with Crippen molar-refractivity contribution in [2.75, 3.05) is 18.9 Å². The first-order chi connectivity index (χ1) is 8.24. The van der Waals surface area contributed by atoms with E-state index in [-0.39, 0.29) is 18.1 Å². The predicted molar refractivity (Wildman–Crippen MR) is 70.3 cm³/mol. The highest BCUT2D eigenvalue weighted by atomic mass is 32.2. The summed E-state index contributed by atoms with van der Waals surface area (Å²) >= 11 is 1.74. The molecule has 4 nitrogen and oxygen atoms in total. The van der Waals surface area contributed by atoms with Gasteiger partial charge in [-0.1, -0.05) is 31.0 Å². The van der Waals surface area contributed by atoms with Gasteiger partial charge in [0, 0.05) is 11.3 Å². The number of esters is 1. The lowest BCUT2D eigenvalue weighted by atomic mass is 9.83. The summed E-state index contributed by atoms with van der Waals surface area (Å²) in [6.45, 7) is 2.37. The molecule has 2 rings (SSSR count). The fourth-order valence-corrected chi connectivity index (χ4v) is 3.65. The van der Waals surface area contributed by atoms with Gasteiger partial charge in [-0.25, -0.2) is 0 Å². The van der Waals surface area contributed by atoms with Crippen molar-refractivity contribution in [3.63, 3.8) is 0 Å². The minimum atomic E-state index is -0.244. The molecule has 17 heavy (non-hydrogen) atoms. The fraction of sp³-hybridized carbons (Fsp3) is 0.833. The van der Waals surface area contributed by atoms with E-state index in [1.165, 1.54) is 32.1 Å². The van der Waals surface area contributed by atoms with E-state index in [2.05, 4.69) is 10.3 Å². The molecule has 0 unspecified atom stereocenters. The Kier molecular flexibility index (Phi) is 4.31. The first-order valence-corrected chi connectivity index (χ1v) is 7.34. The highest BCUT2D eigenvalue weighted by molar-refractivity contribution is 8.14. The summed E-state index contributed by atoms with van der Waals surface area (Å²) in [5, 5.41) is 4.43. The average molecular weight is 256 g/mol. The van der Waals surface area contributed by atoms with Crippen LogP contribution in [0.3, 0.4) is 0 Å². The van der Waals surface area contributed by atoms with Crippen LogP contribution < -0.4 is 5.32 Å². The molecule has 0 amide bonds. The molecule has 0 radical (unpaired) electrons. The van der Waals surface area contributed by atoms with Gasteiger partial charge in [0.05, 0.1) is 6.61 Å². The number of rotatable bonds is 3. The number of ether oxygens (including phenoxy) is 1. The molecule has 1 spiro atoms. The number of thioether (sulfide) groups is 1. The van der Waals surface area contributed by atoms with Gasteiger partial charge in [-0.2, -0.15) is 0 Å². The zero-order valence-corrected chi connectivity index (χ0v) is 11.1. The third kappa shape index (κ3) is 3.37. The number of aliphatic imine (C=N–C) groups is 1. The molecule has 1 saturated carbocycles. The second-order valence-corrected chi connectivity index (χ2v) is 5.65. The molecule has 2 aliphatic rings. The van der Waals surface area contributed by atoms with Gasteiger partial charge in [0.15, 0.2) is 5.17 Å². The Morgan fingerprint density at radius 1 is 1.47 bits per heavy atom. The van der Waals surface area contributed by atoms with E-state index in [1.807, 2.05) is 6.92 Å². The molecule has 1 N–H and O–H groups in total. The van der Waals surface area contributed by atoms with Crippen LogP contribution in [-0.2, 0) is 9.53 Å². The van der Waals surface area contributed by atoms with E-state index >= 15 is 0 Å². The fourth-order valence-electron chi connectivity index (χ4n) is 2.43. The van der Waals surface area contributed by atoms with Crippen molar-refractivity contribution in [3.8, 4) is 0 Å². The summed E-state index contributed by atoms with van der Waals surface area (Å²) < 4.78 is 4.86. The standard InChI is InChI=1S/C12H20N2O2S/c1-2-16-10(15)8-13-11-14-12(9-17-11)6-4-3-5-7-12/h2-9H2,1H3,(H,13,14). The highest BCUT2D eigenvalue weighted by Crippen LogP contribution is 2.35. The first-order valence-electron chi connectivity index (χ1n) is 6.35. The molecule has 2 fully saturated rings. The molecule has 5 heteroatoms. The molecule has 96 valence electrons. The summed E-state index contributed by atoms with van der Waals surface area (Å²) in [7, 11) is 0. The zero-order valence-electron chi connectivity index (χ0n) is 10.3. The minimum absolute atomic E-state index is 0.138. The zero-order chi connectivity index (χ0) is 12.1. The number of hydrogen-bond acceptors (Lipinski definition) is 4. The summed E-state index contributed by atoms with van der Waals surface area (Å²) in [6.07, 6.45) is 6.43. The van der Waals surface area contributed by atoms with Crippen LogP contribution in [-0.4, -0.2) is 35.6 Å². The van der Waals surface area contributed by atoms with Crippen LogP contribution in [0, 0.1) is 0 Å². The summed E-state index contributed by atoms with van der Waals surface area (Å²) in [4.78, 5) is 15.5. The normalized spacial score (nSPS) is 24.9. The molecule has 1 saturated heterocycles. The topological polar surface area (TPSA) is 50.7 Å². The largest absolute Gasteiger partial charge is 0.465 e. The molecule has 1 aliphatic carbocycles. The van der Waals surface area contributed by atoms with Crippen LogP contribution in [0.1, 0.15) is 39.0 Å². The van der Waals surface area contributed by atoms with E-state index in [0.29, 0.717) is 6.61 Å². The van der Waals surface area contributed by atoms with Crippen LogP contribution in [0.4, 0.5) is 0 Å². The number of amidine groups is 1. The maximum Gasteiger partial charge on any atom is 0.327 e. The van der Waals surface area contributed by atoms with E-state index in [4.69, 9.17) is 4.74 Å². The first kappa shape index (κ1) is 12.7. The monoisotopic (exact) mass is 256 g/mol. The van der Waals surface area contributed by atoms with Crippen molar-refractivity contribution < 1.29 is 9.53 Å². The van der Waals surface area contributed by atoms with E-state index in [1.54, 1.807) is 11.8 Å². The third-order valence-electron chi connectivity index (χ3n) is 3.33. The van der Waals surface area contributed by atoms with E-state index < -0.39 is 0 Å². The number of carbonyl (C=O) groups is 1. The van der Waals surface area contributed by atoms with Gasteiger partial charge in [0.25, 0.3) is 0 Å². The molecule has 0 aromatic rings. The van der Waals surface area contributed by atoms with Crippen LogP contribution in [0.2, 0.25) is 0 Å². The van der Waals surface area contributed by atoms with E-state index in [9.17, 15) is 4.79 Å². The summed E-state index contributed by atoms with van der Waals surface area (Å²) in [6, 6.07) is 0. The van der Waals surface area contributed by atoms with Gasteiger partial charge in [-0.05, 0) is 19.8 Å². The van der Waals surface area contributed by atoms with Gasteiger partial charge in [-0.15, -0.1) is 0 Å². The Bertz CT molecular complexity index is 312. The lowest BCUT2D eigenvalue weighted by molar-refractivity contribution is -0.141. The Morgan fingerprint density at radius 3 is 2.94 bits per heavy atom. The molecule has 1 aliphatic heterocycles.